The predicted octanol–water partition coefficient (Wildman–Crippen LogP) is 13.1. The number of hydrogen-bond acceptors (Lipinski definition) is 5. The highest BCUT2D eigenvalue weighted by Gasteiger charge is 2.38. The molecule has 1 aromatic heterocycles. The number of unbranched alkanes of at least 4 members (excludes halogenated alkanes) is 16. The minimum atomic E-state index is -0.812. The zero-order valence-corrected chi connectivity index (χ0v) is 33.9. The van der Waals surface area contributed by atoms with Gasteiger partial charge in [0.15, 0.2) is 0 Å². The number of ether oxygens (including phenoxy) is 2. The fourth-order valence-electron chi connectivity index (χ4n) is 7.81. The molecule has 0 amide bonds. The minimum absolute atomic E-state index is 0.137. The van der Waals surface area contributed by atoms with Crippen LogP contribution in [0.1, 0.15) is 150 Å². The number of nitrogens with zero attached hydrogens (tertiary/aromatic N) is 4. The van der Waals surface area contributed by atoms with Crippen LogP contribution in [0.2, 0.25) is 0 Å². The molecule has 0 bridgehead atoms. The molecule has 6 nitrogen and oxygen atoms in total. The fourth-order valence-corrected chi connectivity index (χ4v) is 7.81. The first kappa shape index (κ1) is 42.6. The zero-order chi connectivity index (χ0) is 38.9. The molecule has 56 heavy (non-hydrogen) atoms. The monoisotopic (exact) mass is 753 g/mol. The van der Waals surface area contributed by atoms with Crippen LogP contribution < -0.4 is 0 Å². The van der Waals surface area contributed by atoms with Crippen molar-refractivity contribution in [3.63, 3.8) is 0 Å². The molecule has 4 aromatic carbocycles. The molecule has 0 unspecified atom stereocenters. The molecule has 0 aliphatic heterocycles. The smallest absolute Gasteiger partial charge is 0.143 e. The molecule has 0 radical (unpaired) electrons. The van der Waals surface area contributed by atoms with Crippen molar-refractivity contribution in [2.24, 2.45) is 0 Å². The van der Waals surface area contributed by atoms with Crippen LogP contribution in [-0.2, 0) is 21.7 Å². The van der Waals surface area contributed by atoms with Gasteiger partial charge in [-0.15, -0.1) is 0 Å². The van der Waals surface area contributed by atoms with Gasteiger partial charge >= 0.3 is 0 Å². The fraction of sp³-hybridized carbons (Fsp3) is 0.460. The van der Waals surface area contributed by atoms with Crippen LogP contribution in [0.25, 0.3) is 5.69 Å². The molecule has 0 aliphatic carbocycles. The molecule has 5 aromatic rings. The number of aromatic nitrogens is 3. The standard InChI is InChI=1S/C50H64N4O2/c1-2-3-4-5-6-7-8-9-10-11-12-13-14-15-16-17-27-34-48(55-39-43-35-36-49(44(37-43)38-51)54-42-52-41-53-54)40-56-50(45-28-21-18-22-29-45,46-30-23-19-24-31-46)47-32-25-20-26-33-47/h18-26,28-33,35-37,41-42,48H,2-17,27,34,39-40H2,1H3/t48-/m1/s1. The van der Waals surface area contributed by atoms with Crippen LogP contribution in [0.15, 0.2) is 122 Å². The third-order valence-corrected chi connectivity index (χ3v) is 11.0. The van der Waals surface area contributed by atoms with E-state index in [1.807, 2.05) is 18.2 Å². The van der Waals surface area contributed by atoms with Gasteiger partial charge in [0.25, 0.3) is 0 Å². The molecule has 1 atom stereocenters. The van der Waals surface area contributed by atoms with E-state index in [1.54, 1.807) is 11.0 Å². The van der Waals surface area contributed by atoms with Crippen LogP contribution in [0.5, 0.6) is 0 Å². The van der Waals surface area contributed by atoms with Crippen molar-refractivity contribution in [1.29, 1.82) is 5.26 Å². The van der Waals surface area contributed by atoms with Gasteiger partial charge in [-0.05, 0) is 40.8 Å². The second kappa shape index (κ2) is 24.8. The number of hydrogen-bond donors (Lipinski definition) is 0. The Morgan fingerprint density at radius 3 is 1.55 bits per heavy atom. The Balaban J connectivity index is 1.18. The van der Waals surface area contributed by atoms with Crippen LogP contribution >= 0.6 is 0 Å². The van der Waals surface area contributed by atoms with E-state index in [0.29, 0.717) is 24.5 Å². The van der Waals surface area contributed by atoms with Crippen molar-refractivity contribution >= 4 is 0 Å². The Morgan fingerprint density at radius 1 is 0.625 bits per heavy atom. The Bertz CT molecular complexity index is 1690. The maximum Gasteiger partial charge on any atom is 0.143 e. The van der Waals surface area contributed by atoms with Gasteiger partial charge in [-0.25, -0.2) is 9.67 Å². The lowest BCUT2D eigenvalue weighted by molar-refractivity contribution is -0.0731. The van der Waals surface area contributed by atoms with Crippen LogP contribution in [0.4, 0.5) is 0 Å². The number of nitriles is 1. The second-order valence-corrected chi connectivity index (χ2v) is 15.3. The van der Waals surface area contributed by atoms with Crippen LogP contribution in [-0.4, -0.2) is 27.5 Å². The first-order chi connectivity index (χ1) is 27.7. The van der Waals surface area contributed by atoms with E-state index in [2.05, 4.69) is 114 Å². The summed E-state index contributed by atoms with van der Waals surface area (Å²) in [6, 6.07) is 39.8. The van der Waals surface area contributed by atoms with E-state index in [4.69, 9.17) is 9.47 Å². The summed E-state index contributed by atoms with van der Waals surface area (Å²) in [5.74, 6) is 0. The van der Waals surface area contributed by atoms with Gasteiger partial charge in [0.1, 0.15) is 24.3 Å². The average Bonchev–Trinajstić information content (AvgIpc) is 3.80. The lowest BCUT2D eigenvalue weighted by atomic mass is 9.80. The molecule has 0 N–H and O–H groups in total. The summed E-state index contributed by atoms with van der Waals surface area (Å²) in [5, 5.41) is 14.2. The Labute approximate surface area is 337 Å². The lowest BCUT2D eigenvalue weighted by Crippen LogP contribution is -2.36. The van der Waals surface area contributed by atoms with E-state index >= 15 is 0 Å². The van der Waals surface area contributed by atoms with Crippen LogP contribution in [0, 0.1) is 11.3 Å². The van der Waals surface area contributed by atoms with E-state index < -0.39 is 5.60 Å². The first-order valence-electron chi connectivity index (χ1n) is 21.5. The maximum absolute atomic E-state index is 9.96. The van der Waals surface area contributed by atoms with Gasteiger partial charge in [-0.3, -0.25) is 0 Å². The summed E-state index contributed by atoms with van der Waals surface area (Å²) < 4.78 is 15.6. The normalized spacial score (nSPS) is 12.1. The van der Waals surface area contributed by atoms with Gasteiger partial charge in [-0.2, -0.15) is 10.4 Å². The van der Waals surface area contributed by atoms with Crippen molar-refractivity contribution in [2.45, 2.75) is 141 Å². The summed E-state index contributed by atoms with van der Waals surface area (Å²) in [5.41, 5.74) is 4.61. The Kier molecular flexibility index (Phi) is 18.9. The highest BCUT2D eigenvalue weighted by atomic mass is 16.5. The largest absolute Gasteiger partial charge is 0.371 e. The molecule has 0 spiro atoms. The molecule has 296 valence electrons. The molecule has 0 aliphatic rings. The second-order valence-electron chi connectivity index (χ2n) is 15.3. The topological polar surface area (TPSA) is 73.0 Å². The van der Waals surface area contributed by atoms with E-state index in [-0.39, 0.29) is 6.10 Å². The molecule has 0 fully saturated rings. The predicted molar refractivity (Wildman–Crippen MR) is 229 cm³/mol. The lowest BCUT2D eigenvalue weighted by Gasteiger charge is -2.37. The highest BCUT2D eigenvalue weighted by Crippen LogP contribution is 2.41. The molecular weight excluding hydrogens is 689 g/mol. The van der Waals surface area contributed by atoms with Crippen molar-refractivity contribution in [1.82, 2.24) is 14.8 Å². The van der Waals surface area contributed by atoms with Crippen molar-refractivity contribution in [2.75, 3.05) is 6.61 Å². The third-order valence-electron chi connectivity index (χ3n) is 11.0. The summed E-state index contributed by atoms with van der Waals surface area (Å²) >= 11 is 0. The highest BCUT2D eigenvalue weighted by molar-refractivity contribution is 5.50. The molecular formula is C50H64N4O2. The van der Waals surface area contributed by atoms with Gasteiger partial charge < -0.3 is 9.47 Å². The van der Waals surface area contributed by atoms with E-state index in [1.165, 1.54) is 109 Å². The SMILES string of the molecule is CCCCCCCCCCCCCCCCCCC[C@H](COC(c1ccccc1)(c1ccccc1)c1ccccc1)OCc1ccc(-n2cncn2)c(C#N)c1. The van der Waals surface area contributed by atoms with Crippen molar-refractivity contribution in [3.05, 3.63) is 150 Å². The van der Waals surface area contributed by atoms with E-state index in [0.717, 1.165) is 35.1 Å². The molecule has 6 heteroatoms. The molecule has 1 heterocycles. The summed E-state index contributed by atoms with van der Waals surface area (Å²) in [6.45, 7) is 3.09. The van der Waals surface area contributed by atoms with Gasteiger partial charge in [0, 0.05) is 0 Å². The number of rotatable bonds is 28. The quantitative estimate of drug-likeness (QED) is 0.0376. The Hall–Kier alpha value is -4.57. The zero-order valence-electron chi connectivity index (χ0n) is 33.9. The average molecular weight is 753 g/mol. The maximum atomic E-state index is 9.96. The summed E-state index contributed by atoms with van der Waals surface area (Å²) in [6.07, 6.45) is 26.8. The third kappa shape index (κ3) is 13.3. The van der Waals surface area contributed by atoms with Gasteiger partial charge in [0.2, 0.25) is 0 Å². The number of benzene rings is 4. The molecule has 0 saturated carbocycles. The summed E-state index contributed by atoms with van der Waals surface area (Å²) in [4.78, 5) is 4.05. The molecule has 0 saturated heterocycles. The Morgan fingerprint density at radius 2 is 1.11 bits per heavy atom. The molecule has 5 rings (SSSR count). The first-order valence-corrected chi connectivity index (χ1v) is 21.5. The van der Waals surface area contributed by atoms with Crippen LogP contribution in [0.3, 0.4) is 0 Å². The van der Waals surface area contributed by atoms with E-state index in [9.17, 15) is 5.26 Å². The minimum Gasteiger partial charge on any atom is -0.371 e. The van der Waals surface area contributed by atoms with Crippen molar-refractivity contribution in [3.8, 4) is 11.8 Å². The summed E-state index contributed by atoms with van der Waals surface area (Å²) in [7, 11) is 0. The van der Waals surface area contributed by atoms with Gasteiger partial charge in [0.05, 0.1) is 30.6 Å². The van der Waals surface area contributed by atoms with Gasteiger partial charge in [-0.1, -0.05) is 213 Å². The van der Waals surface area contributed by atoms with Crippen molar-refractivity contribution < 1.29 is 9.47 Å².